The number of carbonyl (C=O) groups is 4. The molecule has 0 aromatic heterocycles. The Labute approximate surface area is 200 Å². The fourth-order valence-electron chi connectivity index (χ4n) is 4.99. The molecule has 1 unspecified atom stereocenters. The van der Waals surface area contributed by atoms with Crippen molar-refractivity contribution >= 4 is 29.5 Å². The van der Waals surface area contributed by atoms with Gasteiger partial charge in [0, 0.05) is 42.4 Å². The number of alkyl carbamates (subject to hydrolysis) is 1. The smallest absolute Gasteiger partial charge is 0.407 e. The fourth-order valence-corrected chi connectivity index (χ4v) is 4.99. The average Bonchev–Trinajstić information content (AvgIpc) is 3.09. The third-order valence-electron chi connectivity index (χ3n) is 6.72. The van der Waals surface area contributed by atoms with Crippen molar-refractivity contribution in [1.82, 2.24) is 15.5 Å². The lowest BCUT2D eigenvalue weighted by molar-refractivity contribution is -0.136. The molecule has 4 rings (SSSR count). The highest BCUT2D eigenvalue weighted by Gasteiger charge is 2.40. The summed E-state index contributed by atoms with van der Waals surface area (Å²) in [4.78, 5) is 50.3. The third-order valence-corrected chi connectivity index (χ3v) is 6.72. The van der Waals surface area contributed by atoms with Crippen LogP contribution in [0.3, 0.4) is 0 Å². The molecule has 0 bridgehead atoms. The van der Waals surface area contributed by atoms with Gasteiger partial charge in [0.2, 0.25) is 11.8 Å². The van der Waals surface area contributed by atoms with Gasteiger partial charge in [-0.25, -0.2) is 4.79 Å². The number of nitrogens with zero attached hydrogens (tertiary/aromatic N) is 1. The molecule has 9 nitrogen and oxygen atoms in total. The molecule has 1 aliphatic carbocycles. The highest BCUT2D eigenvalue weighted by atomic mass is 16.6. The highest BCUT2D eigenvalue weighted by Crippen LogP contribution is 2.34. The lowest BCUT2D eigenvalue weighted by Gasteiger charge is -2.31. The topological polar surface area (TPSA) is 117 Å². The molecule has 1 atom stereocenters. The Morgan fingerprint density at radius 3 is 2.53 bits per heavy atom. The highest BCUT2D eigenvalue weighted by molar-refractivity contribution is 6.06. The van der Waals surface area contributed by atoms with Crippen molar-refractivity contribution in [3.63, 3.8) is 0 Å². The Balaban J connectivity index is 1.32. The molecule has 0 spiro atoms. The van der Waals surface area contributed by atoms with E-state index in [1.165, 1.54) is 0 Å². The number of anilines is 1. The minimum atomic E-state index is -0.613. The van der Waals surface area contributed by atoms with Crippen molar-refractivity contribution in [3.8, 4) is 0 Å². The van der Waals surface area contributed by atoms with Crippen LogP contribution in [0, 0.1) is 5.92 Å². The summed E-state index contributed by atoms with van der Waals surface area (Å²) < 4.78 is 5.31. The van der Waals surface area contributed by atoms with Crippen LogP contribution in [0.1, 0.15) is 75.2 Å². The quantitative estimate of drug-likeness (QED) is 0.570. The van der Waals surface area contributed by atoms with Gasteiger partial charge in [0.1, 0.15) is 11.6 Å². The number of hydrogen-bond acceptors (Lipinski definition) is 6. The minimum absolute atomic E-state index is 0.162. The van der Waals surface area contributed by atoms with Gasteiger partial charge < -0.3 is 20.3 Å². The molecular formula is C25H34N4O5. The maximum Gasteiger partial charge on any atom is 0.407 e. The van der Waals surface area contributed by atoms with E-state index in [2.05, 4.69) is 16.0 Å². The first-order chi connectivity index (χ1) is 16.1. The standard InChI is InChI=1S/C25H34N4O5/c1-25(2,3)34-24(33)26-13-15-7-9-16(10-8-15)27-19-6-4-5-17-18(19)14-29(23(17)32)20-11-12-21(30)28-22(20)31/h4-6,15-16,20,27H,7-14H2,1-3H3,(H,26,33)(H,28,30,31). The largest absolute Gasteiger partial charge is 0.444 e. The Morgan fingerprint density at radius 2 is 1.85 bits per heavy atom. The van der Waals surface area contributed by atoms with Crippen LogP contribution in [-0.4, -0.2) is 52.9 Å². The van der Waals surface area contributed by atoms with Gasteiger partial charge in [-0.2, -0.15) is 0 Å². The molecule has 1 aromatic carbocycles. The molecule has 1 saturated heterocycles. The fraction of sp³-hybridized carbons (Fsp3) is 0.600. The van der Waals surface area contributed by atoms with Crippen LogP contribution in [0.2, 0.25) is 0 Å². The lowest BCUT2D eigenvalue weighted by atomic mass is 9.85. The van der Waals surface area contributed by atoms with Crippen LogP contribution >= 0.6 is 0 Å². The summed E-state index contributed by atoms with van der Waals surface area (Å²) in [6.45, 7) is 6.51. The maximum absolute atomic E-state index is 13.0. The van der Waals surface area contributed by atoms with Crippen molar-refractivity contribution in [2.75, 3.05) is 11.9 Å². The normalized spacial score (nSPS) is 25.0. The van der Waals surface area contributed by atoms with E-state index in [9.17, 15) is 19.2 Å². The second-order valence-corrected chi connectivity index (χ2v) is 10.5. The molecule has 184 valence electrons. The Bertz CT molecular complexity index is 978. The molecule has 9 heteroatoms. The Hall–Kier alpha value is -3.10. The van der Waals surface area contributed by atoms with Gasteiger partial charge in [-0.1, -0.05) is 6.07 Å². The second-order valence-electron chi connectivity index (χ2n) is 10.5. The SMILES string of the molecule is CC(C)(C)OC(=O)NCC1CCC(Nc2cccc3c2CN(C2CCC(=O)NC2=O)C3=O)CC1. The van der Waals surface area contributed by atoms with Gasteiger partial charge in [-0.3, -0.25) is 19.7 Å². The Kier molecular flexibility index (Phi) is 6.81. The van der Waals surface area contributed by atoms with Crippen molar-refractivity contribution < 1.29 is 23.9 Å². The van der Waals surface area contributed by atoms with E-state index in [0.717, 1.165) is 36.9 Å². The summed E-state index contributed by atoms with van der Waals surface area (Å²) in [7, 11) is 0. The summed E-state index contributed by atoms with van der Waals surface area (Å²) in [6.07, 6.45) is 4.14. The summed E-state index contributed by atoms with van der Waals surface area (Å²) in [5.74, 6) is -0.434. The zero-order valence-electron chi connectivity index (χ0n) is 20.1. The van der Waals surface area contributed by atoms with Crippen LogP contribution < -0.4 is 16.0 Å². The molecule has 4 amide bonds. The molecule has 0 radical (unpaired) electrons. The van der Waals surface area contributed by atoms with Crippen LogP contribution in [-0.2, 0) is 20.9 Å². The van der Waals surface area contributed by atoms with E-state index < -0.39 is 17.6 Å². The second kappa shape index (κ2) is 9.64. The summed E-state index contributed by atoms with van der Waals surface area (Å²) in [5.41, 5.74) is 1.95. The molecule has 1 aromatic rings. The van der Waals surface area contributed by atoms with Crippen molar-refractivity contribution in [2.45, 2.75) is 83.5 Å². The monoisotopic (exact) mass is 470 g/mol. The number of ether oxygens (including phenoxy) is 1. The summed E-state index contributed by atoms with van der Waals surface area (Å²) in [5, 5.41) is 8.84. The summed E-state index contributed by atoms with van der Waals surface area (Å²) >= 11 is 0. The molecular weight excluding hydrogens is 436 g/mol. The number of rotatable bonds is 5. The van der Waals surface area contributed by atoms with Gasteiger partial charge in [0.15, 0.2) is 0 Å². The first kappa shape index (κ1) is 24.0. The van der Waals surface area contributed by atoms with Gasteiger partial charge in [-0.05, 0) is 70.9 Å². The van der Waals surface area contributed by atoms with E-state index >= 15 is 0 Å². The molecule has 2 heterocycles. The van der Waals surface area contributed by atoms with E-state index in [0.29, 0.717) is 31.0 Å². The molecule has 2 aliphatic heterocycles. The number of carbonyl (C=O) groups excluding carboxylic acids is 4. The van der Waals surface area contributed by atoms with Gasteiger partial charge in [0.05, 0.1) is 0 Å². The van der Waals surface area contributed by atoms with Crippen LogP contribution in [0.15, 0.2) is 18.2 Å². The van der Waals surface area contributed by atoms with Gasteiger partial charge in [0.25, 0.3) is 5.91 Å². The predicted octanol–water partition coefficient (Wildman–Crippen LogP) is 2.94. The van der Waals surface area contributed by atoms with Crippen molar-refractivity contribution in [3.05, 3.63) is 29.3 Å². The first-order valence-corrected chi connectivity index (χ1v) is 12.1. The van der Waals surface area contributed by atoms with E-state index in [1.54, 1.807) is 11.0 Å². The van der Waals surface area contributed by atoms with E-state index in [4.69, 9.17) is 4.74 Å². The number of amides is 4. The minimum Gasteiger partial charge on any atom is -0.444 e. The number of nitrogens with one attached hydrogen (secondary N) is 3. The molecule has 3 aliphatic rings. The lowest BCUT2D eigenvalue weighted by Crippen LogP contribution is -2.52. The number of fused-ring (bicyclic) bond motifs is 1. The van der Waals surface area contributed by atoms with Crippen LogP contribution in [0.4, 0.5) is 10.5 Å². The number of benzene rings is 1. The average molecular weight is 471 g/mol. The van der Waals surface area contributed by atoms with Crippen LogP contribution in [0.25, 0.3) is 0 Å². The van der Waals surface area contributed by atoms with Crippen molar-refractivity contribution in [2.24, 2.45) is 5.92 Å². The number of imide groups is 1. The molecule has 2 fully saturated rings. The van der Waals surface area contributed by atoms with Gasteiger partial charge >= 0.3 is 6.09 Å². The summed E-state index contributed by atoms with van der Waals surface area (Å²) in [6, 6.07) is 5.32. The van der Waals surface area contributed by atoms with Gasteiger partial charge in [-0.15, -0.1) is 0 Å². The predicted molar refractivity (Wildman–Crippen MR) is 126 cm³/mol. The molecule has 3 N–H and O–H groups in total. The Morgan fingerprint density at radius 1 is 1.12 bits per heavy atom. The van der Waals surface area contributed by atoms with E-state index in [1.807, 2.05) is 32.9 Å². The molecule has 34 heavy (non-hydrogen) atoms. The zero-order valence-corrected chi connectivity index (χ0v) is 20.1. The van der Waals surface area contributed by atoms with E-state index in [-0.39, 0.29) is 30.4 Å². The van der Waals surface area contributed by atoms with Crippen LogP contribution in [0.5, 0.6) is 0 Å². The maximum atomic E-state index is 13.0. The van der Waals surface area contributed by atoms with Crippen molar-refractivity contribution in [1.29, 1.82) is 0 Å². The third kappa shape index (κ3) is 5.51. The first-order valence-electron chi connectivity index (χ1n) is 12.1. The number of piperidine rings is 1. The molecule has 1 saturated carbocycles. The number of hydrogen-bond donors (Lipinski definition) is 3. The zero-order chi connectivity index (χ0) is 24.5.